The van der Waals surface area contributed by atoms with Gasteiger partial charge in [0.25, 0.3) is 5.91 Å². The highest BCUT2D eigenvalue weighted by molar-refractivity contribution is 9.10. The van der Waals surface area contributed by atoms with E-state index in [1.165, 1.54) is 23.0 Å². The number of rotatable bonds is 6. The molecule has 2 heterocycles. The van der Waals surface area contributed by atoms with Crippen molar-refractivity contribution in [2.45, 2.75) is 19.3 Å². The second-order valence-corrected chi connectivity index (χ2v) is 7.78. The van der Waals surface area contributed by atoms with Gasteiger partial charge in [0.05, 0.1) is 28.8 Å². The van der Waals surface area contributed by atoms with Crippen LogP contribution >= 0.6 is 27.5 Å². The highest BCUT2D eigenvalue weighted by atomic mass is 79.9. The van der Waals surface area contributed by atoms with Crippen molar-refractivity contribution in [2.75, 3.05) is 5.32 Å². The van der Waals surface area contributed by atoms with Crippen molar-refractivity contribution in [3.8, 4) is 5.75 Å². The van der Waals surface area contributed by atoms with Gasteiger partial charge in [0.15, 0.2) is 6.73 Å². The summed E-state index contributed by atoms with van der Waals surface area (Å²) in [6, 6.07) is 11.5. The summed E-state index contributed by atoms with van der Waals surface area (Å²) in [5.41, 5.74) is 2.08. The van der Waals surface area contributed by atoms with Crippen LogP contribution < -0.4 is 10.1 Å². The molecule has 0 bridgehead atoms. The lowest BCUT2D eigenvalue weighted by molar-refractivity contribution is -0.125. The quantitative estimate of drug-likeness (QED) is 0.544. The maximum Gasteiger partial charge on any atom is 0.268 e. The van der Waals surface area contributed by atoms with Gasteiger partial charge in [0.2, 0.25) is 6.10 Å². The first-order chi connectivity index (χ1) is 14.5. The van der Waals surface area contributed by atoms with Crippen molar-refractivity contribution in [1.82, 2.24) is 9.78 Å². The molecular formula is C20H15BrClFN4O3. The van der Waals surface area contributed by atoms with Gasteiger partial charge in [-0.2, -0.15) is 5.10 Å². The van der Waals surface area contributed by atoms with Crippen molar-refractivity contribution in [3.05, 3.63) is 75.7 Å². The van der Waals surface area contributed by atoms with E-state index in [9.17, 15) is 9.18 Å². The Labute approximate surface area is 184 Å². The first-order valence-electron chi connectivity index (χ1n) is 8.88. The molecule has 2 aromatic carbocycles. The van der Waals surface area contributed by atoms with E-state index in [1.54, 1.807) is 6.20 Å². The Morgan fingerprint density at radius 3 is 3.03 bits per heavy atom. The van der Waals surface area contributed by atoms with E-state index >= 15 is 0 Å². The summed E-state index contributed by atoms with van der Waals surface area (Å²) in [6.07, 6.45) is 2.72. The zero-order chi connectivity index (χ0) is 21.1. The predicted octanol–water partition coefficient (Wildman–Crippen LogP) is 4.61. The van der Waals surface area contributed by atoms with Crippen LogP contribution in [-0.2, 0) is 16.4 Å². The van der Waals surface area contributed by atoms with Crippen molar-refractivity contribution < 1.29 is 18.8 Å². The average Bonchev–Trinajstić information content (AvgIpc) is 3.37. The number of carbonyl (C=O) groups is 1. The van der Waals surface area contributed by atoms with E-state index in [-0.39, 0.29) is 17.7 Å². The normalized spacial score (nSPS) is 15.4. The lowest BCUT2D eigenvalue weighted by Gasteiger charge is -2.08. The monoisotopic (exact) mass is 492 g/mol. The van der Waals surface area contributed by atoms with Gasteiger partial charge in [-0.15, -0.1) is 0 Å². The molecule has 0 spiro atoms. The SMILES string of the molecule is O=C(Nc1cnn(COc2ccc(F)cc2Cl)c1)C1CC(c2cccc(Br)c2)=NO1. The Kier molecular flexibility index (Phi) is 6.01. The topological polar surface area (TPSA) is 77.7 Å². The summed E-state index contributed by atoms with van der Waals surface area (Å²) in [5.74, 6) is -0.445. The number of anilines is 1. The summed E-state index contributed by atoms with van der Waals surface area (Å²) in [6.45, 7) is 0.0390. The molecule has 0 aliphatic carbocycles. The molecule has 1 N–H and O–H groups in total. The Balaban J connectivity index is 1.31. The predicted molar refractivity (Wildman–Crippen MR) is 113 cm³/mol. The fourth-order valence-corrected chi connectivity index (χ4v) is 3.43. The standard InChI is InChI=1S/C20H15BrClFN4O3/c21-13-3-1-2-12(6-13)17-8-19(30-26-17)20(28)25-15-9-24-27(10-15)11-29-18-5-4-14(23)7-16(18)22/h1-7,9-10,19H,8,11H2,(H,25,28). The molecule has 1 aliphatic heterocycles. The van der Waals surface area contributed by atoms with Crippen LogP contribution in [0.1, 0.15) is 12.0 Å². The summed E-state index contributed by atoms with van der Waals surface area (Å²) in [5, 5.41) is 11.1. The third kappa shape index (κ3) is 4.80. The Bertz CT molecular complexity index is 1120. The molecule has 1 unspecified atom stereocenters. The second-order valence-electron chi connectivity index (χ2n) is 6.45. The number of ether oxygens (including phenoxy) is 1. The first-order valence-corrected chi connectivity index (χ1v) is 10.0. The highest BCUT2D eigenvalue weighted by Crippen LogP contribution is 2.25. The molecule has 7 nitrogen and oxygen atoms in total. The summed E-state index contributed by atoms with van der Waals surface area (Å²) < 4.78 is 21.0. The second kappa shape index (κ2) is 8.85. The fraction of sp³-hybridized carbons (Fsp3) is 0.150. The molecule has 154 valence electrons. The summed E-state index contributed by atoms with van der Waals surface area (Å²) in [7, 11) is 0. The van der Waals surface area contributed by atoms with Crippen LogP contribution in [0.3, 0.4) is 0 Å². The Hall–Kier alpha value is -2.91. The zero-order valence-electron chi connectivity index (χ0n) is 15.4. The zero-order valence-corrected chi connectivity index (χ0v) is 17.7. The molecule has 1 aromatic heterocycles. The summed E-state index contributed by atoms with van der Waals surface area (Å²) in [4.78, 5) is 17.8. The van der Waals surface area contributed by atoms with Gasteiger partial charge in [-0.3, -0.25) is 4.79 Å². The Morgan fingerprint density at radius 1 is 1.37 bits per heavy atom. The molecule has 0 saturated carbocycles. The maximum atomic E-state index is 13.1. The molecule has 1 atom stereocenters. The minimum Gasteiger partial charge on any atom is -0.470 e. The lowest BCUT2D eigenvalue weighted by atomic mass is 10.0. The number of halogens is 3. The number of hydrogen-bond acceptors (Lipinski definition) is 5. The van der Waals surface area contributed by atoms with Gasteiger partial charge in [-0.05, 0) is 30.3 Å². The van der Waals surface area contributed by atoms with E-state index < -0.39 is 11.9 Å². The Morgan fingerprint density at radius 2 is 2.23 bits per heavy atom. The van der Waals surface area contributed by atoms with E-state index in [2.05, 4.69) is 31.5 Å². The maximum absolute atomic E-state index is 13.1. The van der Waals surface area contributed by atoms with E-state index in [1.807, 2.05) is 24.3 Å². The van der Waals surface area contributed by atoms with E-state index in [0.717, 1.165) is 16.1 Å². The number of aromatic nitrogens is 2. The number of carbonyl (C=O) groups excluding carboxylic acids is 1. The van der Waals surface area contributed by atoms with Crippen LogP contribution in [0.25, 0.3) is 0 Å². The molecule has 0 radical (unpaired) electrons. The number of nitrogens with one attached hydrogen (secondary N) is 1. The third-order valence-electron chi connectivity index (χ3n) is 4.27. The fourth-order valence-electron chi connectivity index (χ4n) is 2.81. The van der Waals surface area contributed by atoms with E-state index in [0.29, 0.717) is 23.6 Å². The molecule has 1 amide bonds. The highest BCUT2D eigenvalue weighted by Gasteiger charge is 2.29. The third-order valence-corrected chi connectivity index (χ3v) is 5.05. The van der Waals surface area contributed by atoms with E-state index in [4.69, 9.17) is 21.2 Å². The van der Waals surface area contributed by atoms with Crippen molar-refractivity contribution >= 4 is 44.8 Å². The smallest absolute Gasteiger partial charge is 0.268 e. The van der Waals surface area contributed by atoms with Crippen molar-refractivity contribution in [1.29, 1.82) is 0 Å². The summed E-state index contributed by atoms with van der Waals surface area (Å²) >= 11 is 9.34. The van der Waals surface area contributed by atoms with Crippen LogP contribution in [0.15, 0.2) is 64.5 Å². The van der Waals surface area contributed by atoms with Gasteiger partial charge in [-0.25, -0.2) is 9.07 Å². The number of benzene rings is 2. The van der Waals surface area contributed by atoms with Gasteiger partial charge in [0.1, 0.15) is 11.6 Å². The molecule has 10 heteroatoms. The largest absolute Gasteiger partial charge is 0.470 e. The number of amides is 1. The lowest BCUT2D eigenvalue weighted by Crippen LogP contribution is -2.27. The van der Waals surface area contributed by atoms with Crippen molar-refractivity contribution in [3.63, 3.8) is 0 Å². The van der Waals surface area contributed by atoms with Crippen molar-refractivity contribution in [2.24, 2.45) is 5.16 Å². The number of hydrogen-bond donors (Lipinski definition) is 1. The van der Waals surface area contributed by atoms with Crippen LogP contribution in [0.4, 0.5) is 10.1 Å². The van der Waals surface area contributed by atoms with Gasteiger partial charge < -0.3 is 14.9 Å². The first kappa shape index (κ1) is 20.4. The molecule has 3 aromatic rings. The number of oxime groups is 1. The van der Waals surface area contributed by atoms with Gasteiger partial charge in [0, 0.05) is 16.5 Å². The molecule has 4 rings (SSSR count). The van der Waals surface area contributed by atoms with Crippen LogP contribution in [-0.4, -0.2) is 27.5 Å². The van der Waals surface area contributed by atoms with Gasteiger partial charge >= 0.3 is 0 Å². The minimum atomic E-state index is -0.725. The minimum absolute atomic E-state index is 0.0390. The molecular weight excluding hydrogens is 479 g/mol. The molecule has 0 fully saturated rings. The van der Waals surface area contributed by atoms with Gasteiger partial charge in [-0.1, -0.05) is 44.8 Å². The molecule has 1 aliphatic rings. The molecule has 30 heavy (non-hydrogen) atoms. The average molecular weight is 494 g/mol. The van der Waals surface area contributed by atoms with Crippen LogP contribution in [0.5, 0.6) is 5.75 Å². The number of nitrogens with zero attached hydrogens (tertiary/aromatic N) is 3. The molecule has 0 saturated heterocycles. The van der Waals surface area contributed by atoms with Crippen LogP contribution in [0.2, 0.25) is 5.02 Å². The van der Waals surface area contributed by atoms with Crippen LogP contribution in [0, 0.1) is 5.82 Å².